The molecule has 9 heteroatoms. The number of nitrogens with one attached hydrogen (secondary N) is 2. The summed E-state index contributed by atoms with van der Waals surface area (Å²) in [6, 6.07) is 5.14. The van der Waals surface area contributed by atoms with Gasteiger partial charge in [0.15, 0.2) is 0 Å². The molecule has 0 aromatic carbocycles. The van der Waals surface area contributed by atoms with Gasteiger partial charge in [0.1, 0.15) is 5.56 Å². The lowest BCUT2D eigenvalue weighted by molar-refractivity contribution is -0.123. The van der Waals surface area contributed by atoms with E-state index < -0.39 is 17.2 Å². The fourth-order valence-corrected chi connectivity index (χ4v) is 2.44. The van der Waals surface area contributed by atoms with Crippen molar-refractivity contribution in [1.29, 1.82) is 0 Å². The second-order valence-electron chi connectivity index (χ2n) is 5.30. The summed E-state index contributed by atoms with van der Waals surface area (Å²) in [6.45, 7) is 0.480. The third-order valence-corrected chi connectivity index (χ3v) is 3.66. The second-order valence-corrected chi connectivity index (χ2v) is 5.30. The van der Waals surface area contributed by atoms with Crippen LogP contribution in [0.25, 0.3) is 0 Å². The van der Waals surface area contributed by atoms with Crippen LogP contribution in [0.5, 0.6) is 0 Å². The van der Waals surface area contributed by atoms with Gasteiger partial charge in [-0.25, -0.2) is 4.79 Å². The molecule has 1 saturated heterocycles. The summed E-state index contributed by atoms with van der Waals surface area (Å²) in [5, 5.41) is 2.60. The Balaban J connectivity index is 1.94. The average molecular weight is 329 g/mol. The summed E-state index contributed by atoms with van der Waals surface area (Å²) in [6.07, 6.45) is 2.64. The first kappa shape index (κ1) is 15.7. The molecule has 0 atom stereocenters. The molecular weight excluding hydrogens is 314 g/mol. The maximum Gasteiger partial charge on any atom is 0.328 e. The van der Waals surface area contributed by atoms with Crippen LogP contribution in [-0.4, -0.2) is 50.9 Å². The number of nitrogens with zero attached hydrogens (tertiary/aromatic N) is 3. The van der Waals surface area contributed by atoms with Gasteiger partial charge in [0.25, 0.3) is 11.5 Å². The fourth-order valence-electron chi connectivity index (χ4n) is 2.44. The van der Waals surface area contributed by atoms with E-state index in [9.17, 15) is 19.2 Å². The number of hydrogen-bond donors (Lipinski definition) is 2. The molecule has 0 aliphatic carbocycles. The van der Waals surface area contributed by atoms with E-state index >= 15 is 0 Å². The Labute approximate surface area is 135 Å². The standard InChI is InChI=1S/C15H15N5O4/c21-12-9-19(6-5-17-12)13(22)11-7-18-15(24)20(14(11)23)8-10-3-1-2-4-16-10/h1-4,7H,5-6,8-9H2,(H,17,21)(H,18,24). The van der Waals surface area contributed by atoms with Crippen molar-refractivity contribution in [2.45, 2.75) is 6.54 Å². The molecule has 0 radical (unpaired) electrons. The van der Waals surface area contributed by atoms with E-state index in [0.717, 1.165) is 10.8 Å². The Morgan fingerprint density at radius 2 is 2.08 bits per heavy atom. The van der Waals surface area contributed by atoms with Crippen molar-refractivity contribution < 1.29 is 9.59 Å². The van der Waals surface area contributed by atoms with Gasteiger partial charge in [-0.1, -0.05) is 6.07 Å². The molecule has 0 spiro atoms. The zero-order valence-electron chi connectivity index (χ0n) is 12.7. The largest absolute Gasteiger partial charge is 0.353 e. The molecule has 9 nitrogen and oxygen atoms in total. The minimum absolute atomic E-state index is 0.0450. The van der Waals surface area contributed by atoms with Crippen LogP contribution in [0.4, 0.5) is 0 Å². The van der Waals surface area contributed by atoms with E-state index in [0.29, 0.717) is 18.8 Å². The number of pyridine rings is 1. The van der Waals surface area contributed by atoms with Gasteiger partial charge in [0.2, 0.25) is 5.91 Å². The zero-order chi connectivity index (χ0) is 17.1. The number of H-pyrrole nitrogens is 1. The van der Waals surface area contributed by atoms with Gasteiger partial charge in [0, 0.05) is 25.5 Å². The minimum Gasteiger partial charge on any atom is -0.353 e. The molecule has 3 heterocycles. The topological polar surface area (TPSA) is 117 Å². The Morgan fingerprint density at radius 1 is 1.25 bits per heavy atom. The highest BCUT2D eigenvalue weighted by Gasteiger charge is 2.25. The van der Waals surface area contributed by atoms with Gasteiger partial charge < -0.3 is 15.2 Å². The van der Waals surface area contributed by atoms with Crippen molar-refractivity contribution in [1.82, 2.24) is 24.8 Å². The van der Waals surface area contributed by atoms with Crippen LogP contribution in [0.15, 0.2) is 40.2 Å². The summed E-state index contributed by atoms with van der Waals surface area (Å²) in [4.78, 5) is 56.1. The monoisotopic (exact) mass is 329 g/mol. The molecule has 1 fully saturated rings. The second kappa shape index (κ2) is 6.49. The quantitative estimate of drug-likeness (QED) is 0.714. The Hall–Kier alpha value is -3.23. The van der Waals surface area contributed by atoms with E-state index in [4.69, 9.17) is 0 Å². The van der Waals surface area contributed by atoms with Gasteiger partial charge in [-0.2, -0.15) is 0 Å². The smallest absolute Gasteiger partial charge is 0.328 e. The average Bonchev–Trinajstić information content (AvgIpc) is 2.59. The third kappa shape index (κ3) is 3.09. The number of aromatic nitrogens is 3. The molecule has 2 aromatic heterocycles. The van der Waals surface area contributed by atoms with E-state index in [1.165, 1.54) is 4.90 Å². The summed E-state index contributed by atoms with van der Waals surface area (Å²) in [5.74, 6) is -0.867. The molecule has 3 rings (SSSR count). The molecule has 0 saturated carbocycles. The van der Waals surface area contributed by atoms with E-state index in [1.54, 1.807) is 24.4 Å². The zero-order valence-corrected chi connectivity index (χ0v) is 12.7. The molecule has 2 amide bonds. The van der Waals surface area contributed by atoms with Gasteiger partial charge in [-0.15, -0.1) is 0 Å². The maximum atomic E-state index is 12.5. The van der Waals surface area contributed by atoms with Gasteiger partial charge in [0.05, 0.1) is 18.8 Å². The number of carbonyl (C=O) groups is 2. The van der Waals surface area contributed by atoms with Crippen LogP contribution in [0.1, 0.15) is 16.1 Å². The molecule has 1 aliphatic heterocycles. The van der Waals surface area contributed by atoms with Gasteiger partial charge >= 0.3 is 5.69 Å². The fraction of sp³-hybridized carbons (Fsp3) is 0.267. The molecule has 1 aliphatic rings. The molecular formula is C15H15N5O4. The van der Waals surface area contributed by atoms with Crippen molar-refractivity contribution in [2.75, 3.05) is 19.6 Å². The molecule has 2 aromatic rings. The normalized spacial score (nSPS) is 14.3. The number of rotatable bonds is 3. The van der Waals surface area contributed by atoms with Gasteiger partial charge in [-0.05, 0) is 12.1 Å². The van der Waals surface area contributed by atoms with Crippen molar-refractivity contribution in [3.8, 4) is 0 Å². The number of piperazine rings is 1. The Morgan fingerprint density at radius 3 is 2.79 bits per heavy atom. The van der Waals surface area contributed by atoms with Crippen LogP contribution < -0.4 is 16.6 Å². The number of amides is 2. The predicted molar refractivity (Wildman–Crippen MR) is 83.6 cm³/mol. The third-order valence-electron chi connectivity index (χ3n) is 3.66. The molecule has 2 N–H and O–H groups in total. The minimum atomic E-state index is -0.708. The summed E-state index contributed by atoms with van der Waals surface area (Å²) in [5.41, 5.74) is -0.994. The SMILES string of the molecule is O=C1CN(C(=O)c2c[nH]c(=O)n(Cc3ccccn3)c2=O)CCN1. The predicted octanol–water partition coefficient (Wildman–Crippen LogP) is -1.45. The van der Waals surface area contributed by atoms with Crippen molar-refractivity contribution in [3.05, 3.63) is 62.7 Å². The number of aromatic amines is 1. The van der Waals surface area contributed by atoms with Crippen LogP contribution in [-0.2, 0) is 11.3 Å². The van der Waals surface area contributed by atoms with Crippen molar-refractivity contribution >= 4 is 11.8 Å². The lowest BCUT2D eigenvalue weighted by atomic mass is 10.2. The summed E-state index contributed by atoms with van der Waals surface area (Å²) < 4.78 is 0.916. The molecule has 0 bridgehead atoms. The lowest BCUT2D eigenvalue weighted by Crippen LogP contribution is -2.51. The van der Waals surface area contributed by atoms with Crippen LogP contribution in [0.2, 0.25) is 0 Å². The van der Waals surface area contributed by atoms with Crippen molar-refractivity contribution in [3.63, 3.8) is 0 Å². The highest BCUT2D eigenvalue weighted by atomic mass is 16.2. The molecule has 24 heavy (non-hydrogen) atoms. The lowest BCUT2D eigenvalue weighted by Gasteiger charge is -2.26. The van der Waals surface area contributed by atoms with Crippen LogP contribution >= 0.6 is 0 Å². The molecule has 0 unspecified atom stereocenters. The summed E-state index contributed by atoms with van der Waals surface area (Å²) in [7, 11) is 0. The number of hydrogen-bond acceptors (Lipinski definition) is 5. The van der Waals surface area contributed by atoms with Crippen LogP contribution in [0, 0.1) is 0 Å². The van der Waals surface area contributed by atoms with E-state index in [1.807, 2.05) is 0 Å². The summed E-state index contributed by atoms with van der Waals surface area (Å²) >= 11 is 0. The van der Waals surface area contributed by atoms with Crippen LogP contribution in [0.3, 0.4) is 0 Å². The first-order valence-corrected chi connectivity index (χ1v) is 7.34. The highest BCUT2D eigenvalue weighted by Crippen LogP contribution is 2.01. The maximum absolute atomic E-state index is 12.5. The molecule has 124 valence electrons. The van der Waals surface area contributed by atoms with E-state index in [-0.39, 0.29) is 24.6 Å². The first-order valence-electron chi connectivity index (χ1n) is 7.34. The van der Waals surface area contributed by atoms with E-state index in [2.05, 4.69) is 15.3 Å². The Bertz CT molecular complexity index is 887. The van der Waals surface area contributed by atoms with Crippen molar-refractivity contribution in [2.24, 2.45) is 0 Å². The van der Waals surface area contributed by atoms with Gasteiger partial charge in [-0.3, -0.25) is 23.9 Å². The first-order chi connectivity index (χ1) is 11.6. The Kier molecular flexibility index (Phi) is 4.23. The highest BCUT2D eigenvalue weighted by molar-refractivity contribution is 5.96. The number of carbonyl (C=O) groups excluding carboxylic acids is 2.